The van der Waals surface area contributed by atoms with E-state index in [9.17, 15) is 17.6 Å². The van der Waals surface area contributed by atoms with Gasteiger partial charge in [0.25, 0.3) is 5.91 Å². The molecule has 2 aromatic rings. The van der Waals surface area contributed by atoms with Crippen LogP contribution in [-0.2, 0) is 21.1 Å². The summed E-state index contributed by atoms with van der Waals surface area (Å²) >= 11 is 0. The second-order valence-electron chi connectivity index (χ2n) is 8.71. The van der Waals surface area contributed by atoms with Crippen molar-refractivity contribution in [2.24, 2.45) is 0 Å². The zero-order valence-electron chi connectivity index (χ0n) is 19.1. The quantitative estimate of drug-likeness (QED) is 0.633. The number of carbonyl (C=O) groups is 1. The van der Waals surface area contributed by atoms with Gasteiger partial charge in [-0.25, -0.2) is 22.8 Å². The molecule has 4 rings (SSSR count). The average molecular weight is 477 g/mol. The van der Waals surface area contributed by atoms with Crippen molar-refractivity contribution in [2.75, 3.05) is 30.8 Å². The summed E-state index contributed by atoms with van der Waals surface area (Å²) in [6.45, 7) is 5.71. The highest BCUT2D eigenvalue weighted by molar-refractivity contribution is 7.90. The third-order valence-electron chi connectivity index (χ3n) is 6.38. The van der Waals surface area contributed by atoms with Gasteiger partial charge in [0.1, 0.15) is 0 Å². The molecule has 1 atom stereocenters. The Kier molecular flexibility index (Phi) is 6.56. The molecule has 10 heteroatoms. The molecule has 2 fully saturated rings. The molecular weight excluding hydrogens is 447 g/mol. The highest BCUT2D eigenvalue weighted by Gasteiger charge is 2.39. The first-order valence-corrected chi connectivity index (χ1v) is 13.1. The van der Waals surface area contributed by atoms with Gasteiger partial charge >= 0.3 is 0 Å². The highest BCUT2D eigenvalue weighted by atomic mass is 32.2. The third kappa shape index (κ3) is 4.95. The van der Waals surface area contributed by atoms with E-state index < -0.39 is 21.8 Å². The number of ether oxygens (including phenoxy) is 1. The van der Waals surface area contributed by atoms with E-state index in [1.165, 1.54) is 6.07 Å². The molecule has 33 heavy (non-hydrogen) atoms. The maximum Gasteiger partial charge on any atom is 0.263 e. The maximum atomic E-state index is 14.5. The second-order valence-corrected chi connectivity index (χ2v) is 10.7. The van der Waals surface area contributed by atoms with Crippen molar-refractivity contribution < 1.29 is 22.3 Å². The van der Waals surface area contributed by atoms with Crippen LogP contribution in [0.1, 0.15) is 37.3 Å². The predicted octanol–water partition coefficient (Wildman–Crippen LogP) is 2.54. The molecule has 0 spiro atoms. The Morgan fingerprint density at radius 2 is 1.79 bits per heavy atom. The van der Waals surface area contributed by atoms with Crippen molar-refractivity contribution in [3.05, 3.63) is 41.5 Å². The Morgan fingerprint density at radius 3 is 2.39 bits per heavy atom. The van der Waals surface area contributed by atoms with Gasteiger partial charge in [-0.05, 0) is 49.4 Å². The zero-order chi connectivity index (χ0) is 23.8. The lowest BCUT2D eigenvalue weighted by molar-refractivity contribution is -0.135. The molecule has 1 unspecified atom stereocenters. The molecular formula is C23H29FN4O4S. The first kappa shape index (κ1) is 23.4. The summed E-state index contributed by atoms with van der Waals surface area (Å²) in [6.07, 6.45) is 6.92. The third-order valence-corrected chi connectivity index (χ3v) is 7.62. The number of sulfone groups is 1. The minimum atomic E-state index is -3.55. The van der Waals surface area contributed by atoms with Gasteiger partial charge in [-0.1, -0.05) is 6.92 Å². The summed E-state index contributed by atoms with van der Waals surface area (Å²) < 4.78 is 43.8. The van der Waals surface area contributed by atoms with Gasteiger partial charge in [-0.3, -0.25) is 4.79 Å². The second kappa shape index (κ2) is 9.24. The number of aryl methyl sites for hydroxylation is 2. The number of carbonyl (C=O) groups excluding carboxylic acids is 1. The Labute approximate surface area is 193 Å². The molecule has 3 heterocycles. The fourth-order valence-corrected chi connectivity index (χ4v) is 5.46. The predicted molar refractivity (Wildman–Crippen MR) is 122 cm³/mol. The monoisotopic (exact) mass is 476 g/mol. The molecule has 8 nitrogen and oxygen atoms in total. The number of piperidine rings is 1. The molecule has 1 aromatic heterocycles. The van der Waals surface area contributed by atoms with Gasteiger partial charge in [0, 0.05) is 50.7 Å². The van der Waals surface area contributed by atoms with Crippen molar-refractivity contribution in [1.82, 2.24) is 14.9 Å². The van der Waals surface area contributed by atoms with Crippen LogP contribution in [0.3, 0.4) is 0 Å². The normalized spacial score (nSPS) is 19.9. The molecule has 1 amide bonds. The molecule has 0 radical (unpaired) electrons. The lowest BCUT2D eigenvalue weighted by Gasteiger charge is -2.36. The van der Waals surface area contributed by atoms with Crippen molar-refractivity contribution in [1.29, 1.82) is 0 Å². The van der Waals surface area contributed by atoms with E-state index >= 15 is 0 Å². The van der Waals surface area contributed by atoms with Crippen LogP contribution in [0.25, 0.3) is 0 Å². The summed E-state index contributed by atoms with van der Waals surface area (Å²) in [5.41, 5.74) is 1.48. The van der Waals surface area contributed by atoms with E-state index in [1.807, 2.05) is 17.3 Å². The molecule has 2 saturated heterocycles. The van der Waals surface area contributed by atoms with Gasteiger partial charge in [0.05, 0.1) is 4.90 Å². The molecule has 1 aromatic carbocycles. The number of anilines is 1. The number of likely N-dealkylation sites (tertiary alicyclic amines) is 1. The summed E-state index contributed by atoms with van der Waals surface area (Å²) in [6, 6.07) is 2.41. The van der Waals surface area contributed by atoms with Gasteiger partial charge < -0.3 is 14.5 Å². The Morgan fingerprint density at radius 1 is 1.12 bits per heavy atom. The maximum absolute atomic E-state index is 14.5. The van der Waals surface area contributed by atoms with Gasteiger partial charge in [0.15, 0.2) is 27.5 Å². The topological polar surface area (TPSA) is 92.7 Å². The van der Waals surface area contributed by atoms with Crippen molar-refractivity contribution in [2.45, 2.75) is 56.6 Å². The highest BCUT2D eigenvalue weighted by Crippen LogP contribution is 2.30. The number of rotatable bonds is 6. The molecule has 0 saturated carbocycles. The molecule has 0 aliphatic carbocycles. The number of amides is 1. The standard InChI is InChI=1S/C23H29FN4O4S/c1-4-16-13-25-23(26-14-16)27-8-5-17(6-9-27)28-10-7-19(22(28)29)32-20-11-15(2)21(12-18(20)24)33(3,30)31/h11-14,17,19H,4-10H2,1-3H3. The summed E-state index contributed by atoms with van der Waals surface area (Å²) in [7, 11) is -3.55. The summed E-state index contributed by atoms with van der Waals surface area (Å²) in [4.78, 5) is 25.8. The van der Waals surface area contributed by atoms with Crippen LogP contribution in [-0.4, -0.2) is 67.2 Å². The molecule has 178 valence electrons. The van der Waals surface area contributed by atoms with E-state index in [0.29, 0.717) is 24.5 Å². The van der Waals surface area contributed by atoms with E-state index in [4.69, 9.17) is 4.74 Å². The van der Waals surface area contributed by atoms with Crippen LogP contribution < -0.4 is 9.64 Å². The van der Waals surface area contributed by atoms with Crippen LogP contribution in [0.5, 0.6) is 5.75 Å². The lowest BCUT2D eigenvalue weighted by Crippen LogP contribution is -2.47. The molecule has 2 aliphatic rings. The number of nitrogens with zero attached hydrogens (tertiary/aromatic N) is 4. The van der Waals surface area contributed by atoms with E-state index in [0.717, 1.165) is 50.2 Å². The van der Waals surface area contributed by atoms with Crippen molar-refractivity contribution >= 4 is 21.7 Å². The van der Waals surface area contributed by atoms with Crippen LogP contribution in [0.4, 0.5) is 10.3 Å². The summed E-state index contributed by atoms with van der Waals surface area (Å²) in [5.74, 6) is -0.318. The Balaban J connectivity index is 1.37. The summed E-state index contributed by atoms with van der Waals surface area (Å²) in [5, 5.41) is 0. The molecule has 0 bridgehead atoms. The fourth-order valence-electron chi connectivity index (χ4n) is 4.50. The van der Waals surface area contributed by atoms with Crippen LogP contribution in [0.15, 0.2) is 29.4 Å². The Hall–Kier alpha value is -2.75. The van der Waals surface area contributed by atoms with Gasteiger partial charge in [-0.2, -0.15) is 0 Å². The molecule has 2 aliphatic heterocycles. The number of aromatic nitrogens is 2. The smallest absolute Gasteiger partial charge is 0.263 e. The number of halogens is 1. The van der Waals surface area contributed by atoms with E-state index in [1.54, 1.807) is 6.92 Å². The minimum Gasteiger partial charge on any atom is -0.477 e. The Bertz CT molecular complexity index is 1130. The minimum absolute atomic E-state index is 0.0770. The number of hydrogen-bond donors (Lipinski definition) is 0. The molecule has 0 N–H and O–H groups in total. The number of benzene rings is 1. The van der Waals surface area contributed by atoms with Crippen molar-refractivity contribution in [3.8, 4) is 5.75 Å². The van der Waals surface area contributed by atoms with Crippen LogP contribution in [0, 0.1) is 12.7 Å². The first-order chi connectivity index (χ1) is 15.7. The van der Waals surface area contributed by atoms with Crippen LogP contribution in [0.2, 0.25) is 0 Å². The van der Waals surface area contributed by atoms with E-state index in [-0.39, 0.29) is 22.6 Å². The largest absolute Gasteiger partial charge is 0.477 e. The van der Waals surface area contributed by atoms with Gasteiger partial charge in [-0.15, -0.1) is 0 Å². The van der Waals surface area contributed by atoms with Gasteiger partial charge in [0.2, 0.25) is 5.95 Å². The first-order valence-electron chi connectivity index (χ1n) is 11.2. The number of hydrogen-bond acceptors (Lipinski definition) is 7. The van der Waals surface area contributed by atoms with Crippen LogP contribution >= 0.6 is 0 Å². The SMILES string of the molecule is CCc1cnc(N2CCC(N3CCC(Oc4cc(C)c(S(C)(=O)=O)cc4F)C3=O)CC2)nc1. The average Bonchev–Trinajstić information content (AvgIpc) is 3.15. The zero-order valence-corrected chi connectivity index (χ0v) is 19.9. The van der Waals surface area contributed by atoms with Crippen molar-refractivity contribution in [3.63, 3.8) is 0 Å². The lowest BCUT2D eigenvalue weighted by atomic mass is 10.0. The fraction of sp³-hybridized carbons (Fsp3) is 0.522. The van der Waals surface area contributed by atoms with E-state index in [2.05, 4.69) is 21.8 Å².